The molecule has 0 fully saturated rings. The molecule has 21 heavy (non-hydrogen) atoms. The fourth-order valence-corrected chi connectivity index (χ4v) is 2.69. The number of aliphatic carboxylic acids is 1. The minimum atomic E-state index is -0.738. The molecular formula is C17H25NO3. The van der Waals surface area contributed by atoms with E-state index in [4.69, 9.17) is 9.84 Å². The second-order valence-corrected chi connectivity index (χ2v) is 5.63. The molecule has 2 rings (SSSR count). The van der Waals surface area contributed by atoms with Crippen LogP contribution in [-0.2, 0) is 17.6 Å². The predicted molar refractivity (Wildman–Crippen MR) is 82.9 cm³/mol. The van der Waals surface area contributed by atoms with Crippen LogP contribution in [0, 0.1) is 0 Å². The normalized spacial score (nSPS) is 14.5. The van der Waals surface area contributed by atoms with Crippen molar-refractivity contribution < 1.29 is 14.6 Å². The summed E-state index contributed by atoms with van der Waals surface area (Å²) in [5, 5.41) is 12.3. The summed E-state index contributed by atoms with van der Waals surface area (Å²) in [6.07, 6.45) is 5.62. The molecule has 1 aliphatic heterocycles. The minimum absolute atomic E-state index is 0.404. The number of hydrogen-bond acceptors (Lipinski definition) is 3. The molecule has 1 heterocycles. The topological polar surface area (TPSA) is 58.6 Å². The van der Waals surface area contributed by atoms with Gasteiger partial charge in [0.15, 0.2) is 0 Å². The number of unbranched alkanes of at least 4 members (excludes halogenated alkanes) is 1. The van der Waals surface area contributed by atoms with Gasteiger partial charge in [-0.1, -0.05) is 31.9 Å². The first-order valence-corrected chi connectivity index (χ1v) is 7.91. The van der Waals surface area contributed by atoms with Gasteiger partial charge in [0.25, 0.3) is 0 Å². The van der Waals surface area contributed by atoms with Crippen molar-refractivity contribution in [3.05, 3.63) is 29.3 Å². The third-order valence-corrected chi connectivity index (χ3v) is 3.93. The Balaban J connectivity index is 1.72. The van der Waals surface area contributed by atoms with Crippen LogP contribution < -0.4 is 10.1 Å². The van der Waals surface area contributed by atoms with E-state index in [1.165, 1.54) is 11.1 Å². The van der Waals surface area contributed by atoms with Gasteiger partial charge in [0.1, 0.15) is 11.8 Å². The third-order valence-electron chi connectivity index (χ3n) is 3.93. The first-order valence-electron chi connectivity index (χ1n) is 7.91. The number of carboxylic acids is 1. The molecule has 4 heteroatoms. The number of aryl methyl sites for hydroxylation is 1. The number of nitrogens with one attached hydrogen (secondary N) is 1. The van der Waals surface area contributed by atoms with Crippen LogP contribution in [0.4, 0.5) is 0 Å². The summed E-state index contributed by atoms with van der Waals surface area (Å²) in [7, 11) is 0. The van der Waals surface area contributed by atoms with E-state index in [-0.39, 0.29) is 0 Å². The lowest BCUT2D eigenvalue weighted by atomic mass is 10.0. The van der Waals surface area contributed by atoms with Gasteiger partial charge in [-0.3, -0.25) is 4.79 Å². The standard InChI is InChI=1S/C17H25NO3/c1-2-3-6-15(17(19)20)18-10-4-5-13-7-8-16-14(12-13)9-11-21-16/h7-8,12,15,18H,2-6,9-11H2,1H3,(H,19,20). The first-order chi connectivity index (χ1) is 10.2. The lowest BCUT2D eigenvalue weighted by Gasteiger charge is -2.14. The Morgan fingerprint density at radius 2 is 2.29 bits per heavy atom. The zero-order valence-corrected chi connectivity index (χ0v) is 12.7. The van der Waals surface area contributed by atoms with Crippen molar-refractivity contribution in [2.45, 2.75) is 51.5 Å². The van der Waals surface area contributed by atoms with Gasteiger partial charge >= 0.3 is 5.97 Å². The Labute approximate surface area is 126 Å². The largest absolute Gasteiger partial charge is 0.493 e. The van der Waals surface area contributed by atoms with Crippen LogP contribution in [0.3, 0.4) is 0 Å². The van der Waals surface area contributed by atoms with Crippen molar-refractivity contribution in [3.8, 4) is 5.75 Å². The molecular weight excluding hydrogens is 266 g/mol. The smallest absolute Gasteiger partial charge is 0.320 e. The van der Waals surface area contributed by atoms with Crippen molar-refractivity contribution in [3.63, 3.8) is 0 Å². The molecule has 1 atom stereocenters. The molecule has 0 aliphatic carbocycles. The van der Waals surface area contributed by atoms with Crippen LogP contribution in [-0.4, -0.2) is 30.3 Å². The number of fused-ring (bicyclic) bond motifs is 1. The average molecular weight is 291 g/mol. The van der Waals surface area contributed by atoms with Gasteiger partial charge in [0.2, 0.25) is 0 Å². The van der Waals surface area contributed by atoms with Crippen LogP contribution in [0.25, 0.3) is 0 Å². The lowest BCUT2D eigenvalue weighted by molar-refractivity contribution is -0.139. The highest BCUT2D eigenvalue weighted by molar-refractivity contribution is 5.73. The van der Waals surface area contributed by atoms with E-state index in [1.807, 2.05) is 6.07 Å². The Kier molecular flexibility index (Phi) is 6.05. The highest BCUT2D eigenvalue weighted by Crippen LogP contribution is 2.26. The summed E-state index contributed by atoms with van der Waals surface area (Å²) in [5.74, 6) is 0.278. The van der Waals surface area contributed by atoms with E-state index in [2.05, 4.69) is 24.4 Å². The Morgan fingerprint density at radius 3 is 3.05 bits per heavy atom. The van der Waals surface area contributed by atoms with E-state index >= 15 is 0 Å². The molecule has 1 aromatic carbocycles. The predicted octanol–water partition coefficient (Wildman–Crippen LogP) is 2.79. The SMILES string of the molecule is CCCCC(NCCCc1ccc2c(c1)CCO2)C(=O)O. The molecule has 0 aromatic heterocycles. The third kappa shape index (κ3) is 4.74. The van der Waals surface area contributed by atoms with E-state index < -0.39 is 12.0 Å². The molecule has 0 bridgehead atoms. The summed E-state index contributed by atoms with van der Waals surface area (Å²) in [5.41, 5.74) is 2.60. The van der Waals surface area contributed by atoms with Gasteiger partial charge in [-0.2, -0.15) is 0 Å². The summed E-state index contributed by atoms with van der Waals surface area (Å²) in [6.45, 7) is 3.61. The van der Waals surface area contributed by atoms with Crippen molar-refractivity contribution in [1.29, 1.82) is 0 Å². The fraction of sp³-hybridized carbons (Fsp3) is 0.588. The van der Waals surface area contributed by atoms with Crippen LogP contribution in [0.15, 0.2) is 18.2 Å². The highest BCUT2D eigenvalue weighted by atomic mass is 16.5. The maximum absolute atomic E-state index is 11.1. The van der Waals surface area contributed by atoms with Crippen molar-refractivity contribution in [1.82, 2.24) is 5.32 Å². The molecule has 0 amide bonds. The van der Waals surface area contributed by atoms with Crippen molar-refractivity contribution in [2.24, 2.45) is 0 Å². The van der Waals surface area contributed by atoms with Crippen molar-refractivity contribution >= 4 is 5.97 Å². The molecule has 0 spiro atoms. The summed E-state index contributed by atoms with van der Waals surface area (Å²) in [4.78, 5) is 11.1. The molecule has 0 radical (unpaired) electrons. The molecule has 1 unspecified atom stereocenters. The monoisotopic (exact) mass is 291 g/mol. The van der Waals surface area contributed by atoms with Crippen molar-refractivity contribution in [2.75, 3.05) is 13.2 Å². The number of carboxylic acid groups (broad SMARTS) is 1. The molecule has 0 saturated heterocycles. The van der Waals surface area contributed by atoms with Gasteiger partial charge in [0, 0.05) is 6.42 Å². The van der Waals surface area contributed by atoms with E-state index in [9.17, 15) is 4.79 Å². The van der Waals surface area contributed by atoms with E-state index in [0.29, 0.717) is 6.42 Å². The molecule has 116 valence electrons. The lowest BCUT2D eigenvalue weighted by Crippen LogP contribution is -2.37. The van der Waals surface area contributed by atoms with Crippen LogP contribution in [0.2, 0.25) is 0 Å². The van der Waals surface area contributed by atoms with Gasteiger partial charge in [-0.25, -0.2) is 0 Å². The van der Waals surface area contributed by atoms with Gasteiger partial charge in [-0.05, 0) is 43.0 Å². The number of hydrogen-bond donors (Lipinski definition) is 2. The quantitative estimate of drug-likeness (QED) is 0.687. The second kappa shape index (κ2) is 8.03. The average Bonchev–Trinajstić information content (AvgIpc) is 2.93. The molecule has 2 N–H and O–H groups in total. The first kappa shape index (κ1) is 15.8. The fourth-order valence-electron chi connectivity index (χ4n) is 2.69. The number of benzene rings is 1. The van der Waals surface area contributed by atoms with E-state index in [1.54, 1.807) is 0 Å². The summed E-state index contributed by atoms with van der Waals surface area (Å²) in [6, 6.07) is 5.97. The van der Waals surface area contributed by atoms with Gasteiger partial charge in [0.05, 0.1) is 6.61 Å². The zero-order chi connectivity index (χ0) is 15.1. The van der Waals surface area contributed by atoms with Gasteiger partial charge in [-0.15, -0.1) is 0 Å². The molecule has 1 aromatic rings. The molecule has 1 aliphatic rings. The minimum Gasteiger partial charge on any atom is -0.493 e. The van der Waals surface area contributed by atoms with Crippen LogP contribution in [0.5, 0.6) is 5.75 Å². The maximum Gasteiger partial charge on any atom is 0.320 e. The maximum atomic E-state index is 11.1. The Morgan fingerprint density at radius 1 is 1.43 bits per heavy atom. The summed E-state index contributed by atoms with van der Waals surface area (Å²) >= 11 is 0. The van der Waals surface area contributed by atoms with Gasteiger partial charge < -0.3 is 15.2 Å². The number of ether oxygens (including phenoxy) is 1. The molecule has 4 nitrogen and oxygen atoms in total. The van der Waals surface area contributed by atoms with E-state index in [0.717, 1.165) is 51.0 Å². The summed E-state index contributed by atoms with van der Waals surface area (Å²) < 4.78 is 5.50. The Hall–Kier alpha value is -1.55. The van der Waals surface area contributed by atoms with Crippen LogP contribution in [0.1, 0.15) is 43.7 Å². The highest BCUT2D eigenvalue weighted by Gasteiger charge is 2.15. The second-order valence-electron chi connectivity index (χ2n) is 5.63. The Bertz CT molecular complexity index is 473. The number of carbonyl (C=O) groups is 1. The number of rotatable bonds is 9. The zero-order valence-electron chi connectivity index (χ0n) is 12.7. The molecule has 0 saturated carbocycles. The van der Waals surface area contributed by atoms with Crippen LogP contribution >= 0.6 is 0 Å².